The van der Waals surface area contributed by atoms with Crippen molar-refractivity contribution < 1.29 is 9.18 Å². The molecule has 2 N–H and O–H groups in total. The van der Waals surface area contributed by atoms with Crippen molar-refractivity contribution in [1.82, 2.24) is 0 Å². The van der Waals surface area contributed by atoms with Crippen LogP contribution in [0.25, 0.3) is 0 Å². The van der Waals surface area contributed by atoms with E-state index in [0.29, 0.717) is 21.3 Å². The third kappa shape index (κ3) is 2.29. The molecule has 0 unspecified atom stereocenters. The summed E-state index contributed by atoms with van der Waals surface area (Å²) < 4.78 is 14.0. The summed E-state index contributed by atoms with van der Waals surface area (Å²) in [5.41, 5.74) is 6.78. The molecule has 3 rings (SSSR count). The maximum atomic E-state index is 14.0. The van der Waals surface area contributed by atoms with Gasteiger partial charge in [0, 0.05) is 11.3 Å². The Balaban J connectivity index is 2.02. The lowest BCUT2D eigenvalue weighted by Crippen LogP contribution is -2.63. The van der Waals surface area contributed by atoms with Crippen molar-refractivity contribution in [2.75, 3.05) is 4.90 Å². The van der Waals surface area contributed by atoms with Gasteiger partial charge in [0.25, 0.3) is 0 Å². The predicted octanol–water partition coefficient (Wildman–Crippen LogP) is 3.55. The van der Waals surface area contributed by atoms with Crippen molar-refractivity contribution >= 4 is 34.8 Å². The number of rotatable bonds is 2. The Bertz CT molecular complexity index is 723. The van der Waals surface area contributed by atoms with Gasteiger partial charge in [-0.15, -0.1) is 0 Å². The molecule has 6 heteroatoms. The summed E-state index contributed by atoms with van der Waals surface area (Å²) in [6, 6.07) is 9.78. The predicted molar refractivity (Wildman–Crippen MR) is 81.1 cm³/mol. The minimum Gasteiger partial charge on any atom is -0.318 e. The van der Waals surface area contributed by atoms with Gasteiger partial charge in [0.1, 0.15) is 11.9 Å². The molecule has 1 amide bonds. The Morgan fingerprint density at radius 3 is 2.48 bits per heavy atom. The minimum atomic E-state index is -0.767. The summed E-state index contributed by atoms with van der Waals surface area (Å²) >= 11 is 11.8. The Morgan fingerprint density at radius 2 is 1.81 bits per heavy atom. The first-order chi connectivity index (χ1) is 10.0. The number of hydrogen-bond donors (Lipinski definition) is 1. The van der Waals surface area contributed by atoms with Crippen molar-refractivity contribution in [3.05, 3.63) is 63.9 Å². The fourth-order valence-corrected chi connectivity index (χ4v) is 2.77. The summed E-state index contributed by atoms with van der Waals surface area (Å²) in [7, 11) is 0. The number of hydrogen-bond acceptors (Lipinski definition) is 2. The van der Waals surface area contributed by atoms with Gasteiger partial charge in [0.2, 0.25) is 5.91 Å². The van der Waals surface area contributed by atoms with Gasteiger partial charge in [-0.3, -0.25) is 4.79 Å². The maximum absolute atomic E-state index is 14.0. The first-order valence-electron chi connectivity index (χ1n) is 6.29. The van der Waals surface area contributed by atoms with E-state index in [0.717, 1.165) is 0 Å². The molecule has 0 spiro atoms. The van der Waals surface area contributed by atoms with E-state index in [1.54, 1.807) is 36.4 Å². The molecule has 1 heterocycles. The number of halogens is 3. The van der Waals surface area contributed by atoms with E-state index in [9.17, 15) is 9.18 Å². The quantitative estimate of drug-likeness (QED) is 0.859. The maximum Gasteiger partial charge on any atom is 0.247 e. The SMILES string of the molecule is N[C@H]1C(=O)N(c2ccc(Cl)c(Cl)c2)[C@H]1c1ccccc1F. The zero-order valence-corrected chi connectivity index (χ0v) is 12.3. The van der Waals surface area contributed by atoms with Crippen LogP contribution in [0.5, 0.6) is 0 Å². The molecule has 0 saturated carbocycles. The monoisotopic (exact) mass is 324 g/mol. The summed E-state index contributed by atoms with van der Waals surface area (Å²) in [5, 5.41) is 0.717. The van der Waals surface area contributed by atoms with Crippen molar-refractivity contribution in [3.63, 3.8) is 0 Å². The molecule has 2 atom stereocenters. The largest absolute Gasteiger partial charge is 0.318 e. The van der Waals surface area contributed by atoms with E-state index >= 15 is 0 Å². The number of carbonyl (C=O) groups excluding carboxylic acids is 1. The molecule has 1 aliphatic rings. The molecule has 0 radical (unpaired) electrons. The number of nitrogens with two attached hydrogens (primary N) is 1. The molecule has 108 valence electrons. The van der Waals surface area contributed by atoms with Crippen molar-refractivity contribution in [1.29, 1.82) is 0 Å². The van der Waals surface area contributed by atoms with Gasteiger partial charge in [-0.05, 0) is 24.3 Å². The number of amides is 1. The van der Waals surface area contributed by atoms with Crippen LogP contribution in [0.3, 0.4) is 0 Å². The summed E-state index contributed by atoms with van der Waals surface area (Å²) in [5.74, 6) is -0.669. The van der Waals surface area contributed by atoms with Crippen LogP contribution in [-0.2, 0) is 4.79 Å². The van der Waals surface area contributed by atoms with Gasteiger partial charge in [-0.2, -0.15) is 0 Å². The zero-order valence-electron chi connectivity index (χ0n) is 10.8. The lowest BCUT2D eigenvalue weighted by Gasteiger charge is -2.45. The third-order valence-electron chi connectivity index (χ3n) is 3.55. The van der Waals surface area contributed by atoms with Gasteiger partial charge >= 0.3 is 0 Å². The van der Waals surface area contributed by atoms with Crippen molar-refractivity contribution in [3.8, 4) is 0 Å². The molecule has 0 bridgehead atoms. The van der Waals surface area contributed by atoms with Crippen LogP contribution in [0.4, 0.5) is 10.1 Å². The van der Waals surface area contributed by atoms with E-state index in [-0.39, 0.29) is 5.91 Å². The first-order valence-corrected chi connectivity index (χ1v) is 7.04. The second kappa shape index (κ2) is 5.30. The summed E-state index contributed by atoms with van der Waals surface area (Å²) in [6.45, 7) is 0. The average Bonchev–Trinajstić information content (AvgIpc) is 2.48. The highest BCUT2D eigenvalue weighted by molar-refractivity contribution is 6.42. The molecule has 2 aromatic carbocycles. The smallest absolute Gasteiger partial charge is 0.247 e. The van der Waals surface area contributed by atoms with Crippen LogP contribution < -0.4 is 10.6 Å². The van der Waals surface area contributed by atoms with Gasteiger partial charge < -0.3 is 10.6 Å². The molecule has 0 aromatic heterocycles. The van der Waals surface area contributed by atoms with Gasteiger partial charge in [0.15, 0.2) is 0 Å². The molecule has 1 aliphatic heterocycles. The second-order valence-electron chi connectivity index (χ2n) is 4.80. The zero-order chi connectivity index (χ0) is 15.1. The van der Waals surface area contributed by atoms with Crippen LogP contribution in [-0.4, -0.2) is 11.9 Å². The lowest BCUT2D eigenvalue weighted by molar-refractivity contribution is -0.126. The fraction of sp³-hybridized carbons (Fsp3) is 0.133. The van der Waals surface area contributed by atoms with Gasteiger partial charge in [-0.25, -0.2) is 4.39 Å². The molecular formula is C15H11Cl2FN2O. The highest BCUT2D eigenvalue weighted by Gasteiger charge is 2.47. The van der Waals surface area contributed by atoms with Crippen LogP contribution in [0.15, 0.2) is 42.5 Å². The Kier molecular flexibility index (Phi) is 3.61. The third-order valence-corrected chi connectivity index (χ3v) is 4.29. The number of nitrogens with zero attached hydrogens (tertiary/aromatic N) is 1. The Hall–Kier alpha value is -1.62. The molecule has 21 heavy (non-hydrogen) atoms. The van der Waals surface area contributed by atoms with E-state index in [4.69, 9.17) is 28.9 Å². The van der Waals surface area contributed by atoms with E-state index in [2.05, 4.69) is 0 Å². The topological polar surface area (TPSA) is 46.3 Å². The van der Waals surface area contributed by atoms with Gasteiger partial charge in [0.05, 0.1) is 16.1 Å². The van der Waals surface area contributed by atoms with E-state index < -0.39 is 17.9 Å². The first kappa shape index (κ1) is 14.3. The van der Waals surface area contributed by atoms with E-state index in [1.807, 2.05) is 0 Å². The van der Waals surface area contributed by atoms with Crippen molar-refractivity contribution in [2.45, 2.75) is 12.1 Å². The van der Waals surface area contributed by atoms with Crippen LogP contribution >= 0.6 is 23.2 Å². The van der Waals surface area contributed by atoms with Crippen LogP contribution in [0.2, 0.25) is 10.0 Å². The minimum absolute atomic E-state index is 0.276. The normalized spacial score (nSPS) is 21.3. The molecule has 1 saturated heterocycles. The highest BCUT2D eigenvalue weighted by Crippen LogP contribution is 2.40. The van der Waals surface area contributed by atoms with E-state index in [1.165, 1.54) is 11.0 Å². The standard InChI is InChI=1S/C15H11Cl2FN2O/c16-10-6-5-8(7-11(10)17)20-14(13(19)15(20)21)9-3-1-2-4-12(9)18/h1-7,13-14H,19H2/t13-,14+/m1/s1. The highest BCUT2D eigenvalue weighted by atomic mass is 35.5. The number of anilines is 1. The van der Waals surface area contributed by atoms with Crippen LogP contribution in [0, 0.1) is 5.82 Å². The molecule has 2 aromatic rings. The van der Waals surface area contributed by atoms with Crippen molar-refractivity contribution in [2.24, 2.45) is 5.73 Å². The lowest BCUT2D eigenvalue weighted by atomic mass is 9.88. The summed E-state index contributed by atoms with van der Waals surface area (Å²) in [4.78, 5) is 13.5. The molecule has 0 aliphatic carbocycles. The summed E-state index contributed by atoms with van der Waals surface area (Å²) in [6.07, 6.45) is 0. The second-order valence-corrected chi connectivity index (χ2v) is 5.61. The average molecular weight is 325 g/mol. The van der Waals surface area contributed by atoms with Crippen LogP contribution in [0.1, 0.15) is 11.6 Å². The molecule has 1 fully saturated rings. The Labute approximate surface area is 131 Å². The fourth-order valence-electron chi connectivity index (χ4n) is 2.48. The number of β-lactam (4-membered cyclic amide) rings is 1. The Morgan fingerprint density at radius 1 is 1.10 bits per heavy atom. The molecular weight excluding hydrogens is 314 g/mol. The number of carbonyl (C=O) groups is 1. The number of benzene rings is 2. The van der Waals surface area contributed by atoms with Gasteiger partial charge in [-0.1, -0.05) is 41.4 Å². The molecule has 3 nitrogen and oxygen atoms in total.